The number of esters is 1. The van der Waals surface area contributed by atoms with Gasteiger partial charge in [0.1, 0.15) is 17.5 Å². The molecule has 1 heterocycles. The molecule has 0 fully saturated rings. The zero-order chi connectivity index (χ0) is 20.1. The molecular weight excluding hydrogens is 352 g/mol. The Hall–Kier alpha value is -3.41. The van der Waals surface area contributed by atoms with Crippen LogP contribution in [-0.2, 0) is 4.74 Å². The average Bonchev–Trinajstić information content (AvgIpc) is 2.65. The van der Waals surface area contributed by atoms with Gasteiger partial charge in [0.05, 0.1) is 12.2 Å². The number of anilines is 4. The Labute approximate surface area is 165 Å². The number of nitrogens with one attached hydrogen (secondary N) is 2. The molecule has 1 aromatic heterocycles. The Bertz CT molecular complexity index is 984. The van der Waals surface area contributed by atoms with Crippen molar-refractivity contribution in [1.29, 1.82) is 0 Å². The van der Waals surface area contributed by atoms with E-state index in [1.54, 1.807) is 19.1 Å². The lowest BCUT2D eigenvalue weighted by atomic mass is 10.1. The SMILES string of the molecule is CCOC(=O)c1ccc(Nc2cc(Nc3ccc(C)c(C)c3)nc(C)n2)cc1. The van der Waals surface area contributed by atoms with Crippen molar-refractivity contribution >= 4 is 29.0 Å². The van der Waals surface area contributed by atoms with E-state index in [-0.39, 0.29) is 5.97 Å². The minimum Gasteiger partial charge on any atom is -0.462 e. The van der Waals surface area contributed by atoms with Crippen LogP contribution in [0.3, 0.4) is 0 Å². The number of hydrogen-bond donors (Lipinski definition) is 2. The summed E-state index contributed by atoms with van der Waals surface area (Å²) < 4.78 is 5.00. The van der Waals surface area contributed by atoms with Crippen LogP contribution in [0, 0.1) is 20.8 Å². The third-order valence-electron chi connectivity index (χ3n) is 4.29. The third-order valence-corrected chi connectivity index (χ3v) is 4.29. The van der Waals surface area contributed by atoms with Gasteiger partial charge in [-0.15, -0.1) is 0 Å². The van der Waals surface area contributed by atoms with Crippen molar-refractivity contribution in [2.45, 2.75) is 27.7 Å². The molecule has 0 unspecified atom stereocenters. The van der Waals surface area contributed by atoms with Gasteiger partial charge in [-0.25, -0.2) is 14.8 Å². The molecule has 0 atom stereocenters. The van der Waals surface area contributed by atoms with Crippen LogP contribution >= 0.6 is 0 Å². The van der Waals surface area contributed by atoms with E-state index < -0.39 is 0 Å². The lowest BCUT2D eigenvalue weighted by Crippen LogP contribution is -2.05. The van der Waals surface area contributed by atoms with Crippen LogP contribution in [0.15, 0.2) is 48.5 Å². The molecule has 0 radical (unpaired) electrons. The van der Waals surface area contributed by atoms with Crippen LogP contribution in [0.4, 0.5) is 23.0 Å². The van der Waals surface area contributed by atoms with Gasteiger partial charge in [0.15, 0.2) is 0 Å². The molecule has 144 valence electrons. The second kappa shape index (κ2) is 8.52. The Balaban J connectivity index is 1.76. The average molecular weight is 376 g/mol. The minimum absolute atomic E-state index is 0.327. The van der Waals surface area contributed by atoms with Gasteiger partial charge in [-0.2, -0.15) is 0 Å². The van der Waals surface area contributed by atoms with Gasteiger partial charge in [0, 0.05) is 17.4 Å². The first kappa shape index (κ1) is 19.4. The van der Waals surface area contributed by atoms with Crippen LogP contribution in [0.5, 0.6) is 0 Å². The molecule has 6 heteroatoms. The molecule has 0 bridgehead atoms. The van der Waals surface area contributed by atoms with Crippen molar-refractivity contribution in [1.82, 2.24) is 9.97 Å². The van der Waals surface area contributed by atoms with Crippen LogP contribution in [-0.4, -0.2) is 22.5 Å². The van der Waals surface area contributed by atoms with Gasteiger partial charge in [-0.1, -0.05) is 6.07 Å². The summed E-state index contributed by atoms with van der Waals surface area (Å²) in [6, 6.07) is 15.1. The standard InChI is InChI=1S/C22H24N4O2/c1-5-28-22(27)17-7-10-18(11-8-17)25-20-13-21(24-16(4)23-20)26-19-9-6-14(2)15(3)12-19/h6-13H,5H2,1-4H3,(H2,23,24,25,26). The summed E-state index contributed by atoms with van der Waals surface area (Å²) >= 11 is 0. The number of nitrogens with zero attached hydrogens (tertiary/aromatic N) is 2. The Kier molecular flexibility index (Phi) is 5.89. The zero-order valence-electron chi connectivity index (χ0n) is 16.5. The molecule has 0 aliphatic heterocycles. The maximum absolute atomic E-state index is 11.8. The van der Waals surface area contributed by atoms with Crippen LogP contribution in [0.2, 0.25) is 0 Å². The Morgan fingerprint density at radius 3 is 2.07 bits per heavy atom. The fraction of sp³-hybridized carbons (Fsp3) is 0.227. The number of carbonyl (C=O) groups excluding carboxylic acids is 1. The highest BCUT2D eigenvalue weighted by atomic mass is 16.5. The second-order valence-corrected chi connectivity index (χ2v) is 6.53. The highest BCUT2D eigenvalue weighted by molar-refractivity contribution is 5.89. The molecule has 3 rings (SSSR count). The molecule has 0 amide bonds. The predicted octanol–water partition coefficient (Wildman–Crippen LogP) is 5.07. The third kappa shape index (κ3) is 4.85. The molecule has 28 heavy (non-hydrogen) atoms. The summed E-state index contributed by atoms with van der Waals surface area (Å²) in [5, 5.41) is 6.57. The summed E-state index contributed by atoms with van der Waals surface area (Å²) in [6.07, 6.45) is 0. The molecule has 3 aromatic rings. The van der Waals surface area contributed by atoms with Crippen LogP contribution in [0.25, 0.3) is 0 Å². The van der Waals surface area contributed by atoms with Gasteiger partial charge in [0.2, 0.25) is 0 Å². The monoisotopic (exact) mass is 376 g/mol. The number of rotatable bonds is 6. The zero-order valence-corrected chi connectivity index (χ0v) is 16.5. The van der Waals surface area contributed by atoms with E-state index in [2.05, 4.69) is 46.6 Å². The molecule has 0 spiro atoms. The molecule has 2 N–H and O–H groups in total. The Morgan fingerprint density at radius 1 is 0.857 bits per heavy atom. The summed E-state index contributed by atoms with van der Waals surface area (Å²) in [6.45, 7) is 8.16. The maximum atomic E-state index is 11.8. The van der Waals surface area contributed by atoms with Gasteiger partial charge in [-0.3, -0.25) is 0 Å². The lowest BCUT2D eigenvalue weighted by molar-refractivity contribution is 0.0526. The first-order chi connectivity index (χ1) is 13.4. The number of carbonyl (C=O) groups is 1. The highest BCUT2D eigenvalue weighted by Gasteiger charge is 2.07. The van der Waals surface area contributed by atoms with Crippen LogP contribution in [0.1, 0.15) is 34.2 Å². The van der Waals surface area contributed by atoms with Gasteiger partial charge >= 0.3 is 5.97 Å². The summed E-state index contributed by atoms with van der Waals surface area (Å²) in [7, 11) is 0. The maximum Gasteiger partial charge on any atom is 0.338 e. The molecule has 2 aromatic carbocycles. The van der Waals surface area contributed by atoms with Gasteiger partial charge in [0.25, 0.3) is 0 Å². The predicted molar refractivity (Wildman–Crippen MR) is 112 cm³/mol. The molecule has 6 nitrogen and oxygen atoms in total. The summed E-state index contributed by atoms with van der Waals surface area (Å²) in [5.74, 6) is 1.70. The number of aryl methyl sites for hydroxylation is 3. The fourth-order valence-corrected chi connectivity index (χ4v) is 2.71. The van der Waals surface area contributed by atoms with Crippen molar-refractivity contribution in [3.05, 3.63) is 71.0 Å². The Morgan fingerprint density at radius 2 is 1.46 bits per heavy atom. The molecule has 0 saturated heterocycles. The van der Waals surface area contributed by atoms with Crippen molar-refractivity contribution in [2.24, 2.45) is 0 Å². The van der Waals surface area contributed by atoms with Gasteiger partial charge in [-0.05, 0) is 75.2 Å². The first-order valence-electron chi connectivity index (χ1n) is 9.19. The summed E-state index contributed by atoms with van der Waals surface area (Å²) in [5.41, 5.74) is 4.78. The van der Waals surface area contributed by atoms with E-state index in [1.807, 2.05) is 31.2 Å². The van der Waals surface area contributed by atoms with Gasteiger partial charge < -0.3 is 15.4 Å². The van der Waals surface area contributed by atoms with E-state index in [9.17, 15) is 4.79 Å². The highest BCUT2D eigenvalue weighted by Crippen LogP contribution is 2.22. The van der Waals surface area contributed by atoms with Crippen molar-refractivity contribution in [2.75, 3.05) is 17.2 Å². The van der Waals surface area contributed by atoms with Crippen LogP contribution < -0.4 is 10.6 Å². The summed E-state index contributed by atoms with van der Waals surface area (Å²) in [4.78, 5) is 20.6. The quantitative estimate of drug-likeness (QED) is 0.585. The van der Waals surface area contributed by atoms with E-state index in [0.29, 0.717) is 29.6 Å². The van der Waals surface area contributed by atoms with E-state index >= 15 is 0 Å². The fourth-order valence-electron chi connectivity index (χ4n) is 2.71. The normalized spacial score (nSPS) is 10.4. The lowest BCUT2D eigenvalue weighted by Gasteiger charge is -2.11. The number of benzene rings is 2. The van der Waals surface area contributed by atoms with Crippen molar-refractivity contribution < 1.29 is 9.53 Å². The molecule has 0 aliphatic rings. The smallest absolute Gasteiger partial charge is 0.338 e. The largest absolute Gasteiger partial charge is 0.462 e. The number of aromatic nitrogens is 2. The topological polar surface area (TPSA) is 76.1 Å². The minimum atomic E-state index is -0.327. The second-order valence-electron chi connectivity index (χ2n) is 6.53. The molecule has 0 saturated carbocycles. The van der Waals surface area contributed by atoms with Crippen molar-refractivity contribution in [3.63, 3.8) is 0 Å². The van der Waals surface area contributed by atoms with E-state index in [4.69, 9.17) is 4.74 Å². The number of hydrogen-bond acceptors (Lipinski definition) is 6. The number of ether oxygens (including phenoxy) is 1. The van der Waals surface area contributed by atoms with E-state index in [1.165, 1.54) is 11.1 Å². The molecule has 0 aliphatic carbocycles. The first-order valence-corrected chi connectivity index (χ1v) is 9.19. The molecular formula is C22H24N4O2. The van der Waals surface area contributed by atoms with E-state index in [0.717, 1.165) is 11.4 Å². The van der Waals surface area contributed by atoms with Crippen molar-refractivity contribution in [3.8, 4) is 0 Å².